The zero-order valence-electron chi connectivity index (χ0n) is 12.3. The molecule has 1 saturated heterocycles. The van der Waals surface area contributed by atoms with E-state index in [9.17, 15) is 0 Å². The number of rotatable bonds is 5. The van der Waals surface area contributed by atoms with Crippen LogP contribution in [0.15, 0.2) is 12.4 Å². The lowest BCUT2D eigenvalue weighted by Crippen LogP contribution is -2.50. The second-order valence-corrected chi connectivity index (χ2v) is 5.92. The summed E-state index contributed by atoms with van der Waals surface area (Å²) in [6, 6.07) is 1.14. The Balaban J connectivity index is 1.52. The minimum Gasteiger partial charge on any atom is -0.379 e. The summed E-state index contributed by atoms with van der Waals surface area (Å²) in [6.07, 6.45) is 8.04. The number of ether oxygens (including phenoxy) is 1. The molecular weight excluding hydrogens is 252 g/mol. The Morgan fingerprint density at radius 3 is 3.20 bits per heavy atom. The van der Waals surface area contributed by atoms with E-state index in [-0.39, 0.29) is 0 Å². The summed E-state index contributed by atoms with van der Waals surface area (Å²) in [5, 5.41) is 11.7. The zero-order chi connectivity index (χ0) is 13.8. The van der Waals surface area contributed by atoms with Crippen molar-refractivity contribution in [3.05, 3.63) is 18.0 Å². The molecule has 20 heavy (non-hydrogen) atoms. The average molecular weight is 278 g/mol. The number of nitrogens with one attached hydrogen (secondary N) is 2. The van der Waals surface area contributed by atoms with Crippen LogP contribution in [0.5, 0.6) is 0 Å². The summed E-state index contributed by atoms with van der Waals surface area (Å²) in [5.74, 6) is 0.705. The normalized spacial score (nSPS) is 30.8. The summed E-state index contributed by atoms with van der Waals surface area (Å²) in [4.78, 5) is 0. The smallest absolute Gasteiger partial charge is 0.0623 e. The summed E-state index contributed by atoms with van der Waals surface area (Å²) in [6.45, 7) is 6.71. The van der Waals surface area contributed by atoms with Gasteiger partial charge in [0.25, 0.3) is 0 Å². The lowest BCUT2D eigenvalue weighted by Gasteiger charge is -2.33. The molecule has 2 aliphatic rings. The second kappa shape index (κ2) is 6.70. The summed E-state index contributed by atoms with van der Waals surface area (Å²) >= 11 is 0. The summed E-state index contributed by atoms with van der Waals surface area (Å²) < 4.78 is 7.61. The number of hydrogen-bond donors (Lipinski definition) is 2. The Bertz CT molecular complexity index is 414. The van der Waals surface area contributed by atoms with Gasteiger partial charge in [-0.1, -0.05) is 6.42 Å². The molecule has 5 heteroatoms. The Hall–Kier alpha value is -0.910. The topological polar surface area (TPSA) is 51.1 Å². The molecule has 1 aromatic heterocycles. The summed E-state index contributed by atoms with van der Waals surface area (Å²) in [5.41, 5.74) is 1.28. The predicted octanol–water partition coefficient (Wildman–Crippen LogP) is 1.15. The molecular formula is C15H26N4O. The van der Waals surface area contributed by atoms with Crippen molar-refractivity contribution >= 4 is 0 Å². The third-order valence-electron chi connectivity index (χ3n) is 4.62. The molecule has 2 N–H and O–H groups in total. The number of aromatic nitrogens is 2. The molecule has 0 radical (unpaired) electrons. The molecule has 1 aliphatic carbocycles. The first-order valence-corrected chi connectivity index (χ1v) is 7.92. The highest BCUT2D eigenvalue weighted by molar-refractivity contribution is 5.04. The van der Waals surface area contributed by atoms with Crippen LogP contribution in [0.1, 0.15) is 31.7 Å². The molecule has 3 unspecified atom stereocenters. The van der Waals surface area contributed by atoms with E-state index in [2.05, 4.69) is 28.9 Å². The fraction of sp³-hybridized carbons (Fsp3) is 0.800. The number of morpholine rings is 1. The maximum atomic E-state index is 5.62. The van der Waals surface area contributed by atoms with E-state index in [1.807, 2.05) is 10.9 Å². The molecule has 1 saturated carbocycles. The second-order valence-electron chi connectivity index (χ2n) is 5.92. The van der Waals surface area contributed by atoms with Crippen molar-refractivity contribution in [1.82, 2.24) is 20.4 Å². The fourth-order valence-corrected chi connectivity index (χ4v) is 3.50. The van der Waals surface area contributed by atoms with Crippen molar-refractivity contribution in [3.63, 3.8) is 0 Å². The molecule has 3 atom stereocenters. The van der Waals surface area contributed by atoms with Crippen molar-refractivity contribution in [2.75, 3.05) is 19.8 Å². The van der Waals surface area contributed by atoms with E-state index < -0.39 is 0 Å². The quantitative estimate of drug-likeness (QED) is 0.848. The average Bonchev–Trinajstić information content (AvgIpc) is 3.15. The van der Waals surface area contributed by atoms with Crippen LogP contribution in [0.2, 0.25) is 0 Å². The largest absolute Gasteiger partial charge is 0.379 e. The van der Waals surface area contributed by atoms with Gasteiger partial charge in [-0.3, -0.25) is 4.68 Å². The molecule has 0 bridgehead atoms. The van der Waals surface area contributed by atoms with Crippen molar-refractivity contribution in [2.24, 2.45) is 5.92 Å². The Morgan fingerprint density at radius 2 is 2.45 bits per heavy atom. The van der Waals surface area contributed by atoms with Crippen molar-refractivity contribution in [3.8, 4) is 0 Å². The van der Waals surface area contributed by atoms with Crippen LogP contribution >= 0.6 is 0 Å². The van der Waals surface area contributed by atoms with Crippen LogP contribution in [0.3, 0.4) is 0 Å². The Morgan fingerprint density at radius 1 is 1.50 bits per heavy atom. The number of aryl methyl sites for hydroxylation is 1. The van der Waals surface area contributed by atoms with Gasteiger partial charge >= 0.3 is 0 Å². The maximum Gasteiger partial charge on any atom is 0.0623 e. The summed E-state index contributed by atoms with van der Waals surface area (Å²) in [7, 11) is 0. The van der Waals surface area contributed by atoms with Crippen LogP contribution in [-0.2, 0) is 17.8 Å². The van der Waals surface area contributed by atoms with Gasteiger partial charge in [-0.2, -0.15) is 5.10 Å². The van der Waals surface area contributed by atoms with Crippen LogP contribution < -0.4 is 10.6 Å². The lowest BCUT2D eigenvalue weighted by molar-refractivity contribution is 0.0524. The molecule has 1 aromatic rings. The number of nitrogens with zero attached hydrogens (tertiary/aromatic N) is 2. The van der Waals surface area contributed by atoms with Gasteiger partial charge in [-0.15, -0.1) is 0 Å². The number of hydrogen-bond acceptors (Lipinski definition) is 4. The van der Waals surface area contributed by atoms with Crippen molar-refractivity contribution in [1.29, 1.82) is 0 Å². The highest BCUT2D eigenvalue weighted by atomic mass is 16.5. The predicted molar refractivity (Wildman–Crippen MR) is 78.5 cm³/mol. The SMILES string of the molecule is CCn1cc(CNC2CCCC2C2COCCN2)cn1. The van der Waals surface area contributed by atoms with E-state index in [1.165, 1.54) is 24.8 Å². The van der Waals surface area contributed by atoms with E-state index in [4.69, 9.17) is 4.74 Å². The first-order valence-electron chi connectivity index (χ1n) is 7.92. The molecule has 2 fully saturated rings. The third-order valence-corrected chi connectivity index (χ3v) is 4.62. The third kappa shape index (κ3) is 3.22. The van der Waals surface area contributed by atoms with Crippen LogP contribution in [0.4, 0.5) is 0 Å². The molecule has 0 spiro atoms. The Labute approximate surface area is 121 Å². The Kier molecular flexibility index (Phi) is 4.70. The molecule has 2 heterocycles. The first kappa shape index (κ1) is 14.0. The van der Waals surface area contributed by atoms with Crippen molar-refractivity contribution in [2.45, 2.75) is 51.4 Å². The van der Waals surface area contributed by atoms with E-state index in [0.29, 0.717) is 18.0 Å². The van der Waals surface area contributed by atoms with Gasteiger partial charge in [0.05, 0.1) is 19.4 Å². The van der Waals surface area contributed by atoms with E-state index in [0.717, 1.165) is 32.8 Å². The maximum absolute atomic E-state index is 5.62. The van der Waals surface area contributed by atoms with Gasteiger partial charge in [-0.05, 0) is 25.7 Å². The zero-order valence-corrected chi connectivity index (χ0v) is 12.3. The van der Waals surface area contributed by atoms with Gasteiger partial charge in [0, 0.05) is 43.5 Å². The molecule has 1 aliphatic heterocycles. The molecule has 112 valence electrons. The highest BCUT2D eigenvalue weighted by Crippen LogP contribution is 2.29. The van der Waals surface area contributed by atoms with Gasteiger partial charge in [0.2, 0.25) is 0 Å². The van der Waals surface area contributed by atoms with Crippen LogP contribution in [0.25, 0.3) is 0 Å². The minimum atomic E-state index is 0.530. The van der Waals surface area contributed by atoms with Gasteiger partial charge < -0.3 is 15.4 Å². The van der Waals surface area contributed by atoms with E-state index in [1.54, 1.807) is 0 Å². The monoisotopic (exact) mass is 278 g/mol. The lowest BCUT2D eigenvalue weighted by atomic mass is 9.94. The van der Waals surface area contributed by atoms with Crippen molar-refractivity contribution < 1.29 is 4.74 Å². The molecule has 0 aromatic carbocycles. The molecule has 3 rings (SSSR count). The fourth-order valence-electron chi connectivity index (χ4n) is 3.50. The van der Waals surface area contributed by atoms with Crippen LogP contribution in [-0.4, -0.2) is 41.6 Å². The standard InChI is InChI=1S/C15H26N4O/c1-2-19-10-12(9-18-19)8-17-14-5-3-4-13(14)15-11-20-7-6-16-15/h9-10,13-17H,2-8,11H2,1H3. The molecule has 5 nitrogen and oxygen atoms in total. The minimum absolute atomic E-state index is 0.530. The van der Waals surface area contributed by atoms with Gasteiger partial charge in [-0.25, -0.2) is 0 Å². The van der Waals surface area contributed by atoms with Crippen LogP contribution in [0, 0.1) is 5.92 Å². The first-order chi connectivity index (χ1) is 9.86. The van der Waals surface area contributed by atoms with Gasteiger partial charge in [0.15, 0.2) is 0 Å². The molecule has 0 amide bonds. The van der Waals surface area contributed by atoms with E-state index >= 15 is 0 Å². The van der Waals surface area contributed by atoms with Gasteiger partial charge in [0.1, 0.15) is 0 Å². The highest BCUT2D eigenvalue weighted by Gasteiger charge is 2.34.